The topological polar surface area (TPSA) is 222 Å². The molecule has 21 heteroatoms. The molecule has 0 aliphatic heterocycles. The van der Waals surface area contributed by atoms with Crippen molar-refractivity contribution in [2.75, 3.05) is 26.2 Å². The molecule has 0 heterocycles. The average Bonchev–Trinajstić information content (AvgIpc) is 2.79. The van der Waals surface area contributed by atoms with Crippen molar-refractivity contribution >= 4 is 29.7 Å². The maximum Gasteiger partial charge on any atom is 0.490 e. The van der Waals surface area contributed by atoms with Crippen molar-refractivity contribution in [2.45, 2.75) is 58.1 Å². The Bertz CT molecular complexity index is 622. The predicted octanol–water partition coefficient (Wildman–Crippen LogP) is 1.62. The van der Waals surface area contributed by atoms with E-state index in [0.717, 1.165) is 12.8 Å². The summed E-state index contributed by atoms with van der Waals surface area (Å²) in [6.07, 6.45) is -12.4. The molecular weight excluding hydrogens is 571 g/mol. The van der Waals surface area contributed by atoms with Gasteiger partial charge in [-0.15, -0.1) is 0 Å². The average molecular weight is 602 g/mol. The van der Waals surface area contributed by atoms with E-state index in [1.807, 2.05) is 13.8 Å². The number of nitrogens with two attached hydrogens (primary N) is 2. The van der Waals surface area contributed by atoms with E-state index < -0.39 is 36.4 Å². The highest BCUT2D eigenvalue weighted by Crippen LogP contribution is 2.14. The van der Waals surface area contributed by atoms with Crippen LogP contribution in [0.25, 0.3) is 0 Å². The van der Waals surface area contributed by atoms with Crippen LogP contribution in [-0.2, 0) is 24.0 Å². The number of rotatable bonds is 8. The fraction of sp³-hybridized carbons (Fsp3) is 0.722. The SMILES string of the molecule is CCC(=O)NCCCN.CCC(=O)NCCCN.O=C(O)C(F)(F)F.O=C(O)C(F)(F)F.O=C(O)C(F)(F)F. The van der Waals surface area contributed by atoms with Crippen LogP contribution in [0.15, 0.2) is 0 Å². The number of aliphatic carboxylic acids is 3. The molecule has 39 heavy (non-hydrogen) atoms. The number of carboxylic acids is 3. The number of carbonyl (C=O) groups is 5. The Balaban J connectivity index is -0.000000124. The molecule has 0 aliphatic rings. The van der Waals surface area contributed by atoms with Gasteiger partial charge in [0.1, 0.15) is 0 Å². The minimum Gasteiger partial charge on any atom is -0.475 e. The Labute approximate surface area is 215 Å². The van der Waals surface area contributed by atoms with Crippen molar-refractivity contribution in [3.8, 4) is 0 Å². The van der Waals surface area contributed by atoms with Gasteiger partial charge in [-0.1, -0.05) is 13.8 Å². The van der Waals surface area contributed by atoms with E-state index >= 15 is 0 Å². The van der Waals surface area contributed by atoms with E-state index in [9.17, 15) is 49.1 Å². The van der Waals surface area contributed by atoms with Crippen molar-refractivity contribution in [3.63, 3.8) is 0 Å². The second kappa shape index (κ2) is 24.9. The van der Waals surface area contributed by atoms with Crippen LogP contribution in [0.1, 0.15) is 39.5 Å². The summed E-state index contributed by atoms with van der Waals surface area (Å²) in [5, 5.41) is 26.8. The molecule has 0 unspecified atom stereocenters. The number of hydrogen-bond donors (Lipinski definition) is 7. The molecule has 0 aromatic carbocycles. The van der Waals surface area contributed by atoms with E-state index in [0.29, 0.717) is 39.0 Å². The molecule has 0 aromatic rings. The van der Waals surface area contributed by atoms with E-state index in [1.165, 1.54) is 0 Å². The summed E-state index contributed by atoms with van der Waals surface area (Å²) in [7, 11) is 0. The maximum atomic E-state index is 10.6. The van der Waals surface area contributed by atoms with E-state index in [4.69, 9.17) is 41.2 Å². The summed E-state index contributed by atoms with van der Waals surface area (Å²) in [5.41, 5.74) is 10.4. The van der Waals surface area contributed by atoms with Crippen LogP contribution in [-0.4, -0.2) is 89.7 Å². The molecule has 0 bridgehead atoms. The lowest BCUT2D eigenvalue weighted by atomic mass is 10.4. The van der Waals surface area contributed by atoms with Crippen LogP contribution < -0.4 is 22.1 Å². The number of halogens is 9. The first-order valence-corrected chi connectivity index (χ1v) is 10.3. The lowest BCUT2D eigenvalue weighted by Gasteiger charge is -1.99. The molecule has 0 saturated heterocycles. The molecule has 0 atom stereocenters. The minimum atomic E-state index is -5.08. The molecule has 0 saturated carbocycles. The van der Waals surface area contributed by atoms with Gasteiger partial charge in [0.05, 0.1) is 0 Å². The highest BCUT2D eigenvalue weighted by Gasteiger charge is 2.39. The number of carboxylic acid groups (broad SMARTS) is 3. The van der Waals surface area contributed by atoms with Gasteiger partial charge >= 0.3 is 36.4 Å². The summed E-state index contributed by atoms with van der Waals surface area (Å²) in [4.78, 5) is 47.8. The summed E-state index contributed by atoms with van der Waals surface area (Å²) in [6, 6.07) is 0. The van der Waals surface area contributed by atoms with Crippen molar-refractivity contribution in [3.05, 3.63) is 0 Å². The summed E-state index contributed by atoms with van der Waals surface area (Å²) >= 11 is 0. The van der Waals surface area contributed by atoms with Gasteiger partial charge in [0.2, 0.25) is 11.8 Å². The number of alkyl halides is 9. The summed E-state index contributed by atoms with van der Waals surface area (Å²) in [6.45, 7) is 6.37. The Hall–Kier alpha value is -3.36. The van der Waals surface area contributed by atoms with Crippen LogP contribution in [0.4, 0.5) is 39.5 Å². The summed E-state index contributed by atoms with van der Waals surface area (Å²) in [5.74, 6) is -8.07. The molecular formula is C18H31F9N4O8. The highest BCUT2D eigenvalue weighted by atomic mass is 19.4. The zero-order valence-electron chi connectivity index (χ0n) is 20.6. The van der Waals surface area contributed by atoms with E-state index in [-0.39, 0.29) is 11.8 Å². The van der Waals surface area contributed by atoms with Crippen LogP contribution in [0.2, 0.25) is 0 Å². The zero-order valence-corrected chi connectivity index (χ0v) is 20.6. The lowest BCUT2D eigenvalue weighted by Crippen LogP contribution is -2.24. The molecule has 0 aliphatic carbocycles. The second-order valence-corrected chi connectivity index (χ2v) is 6.10. The molecule has 0 fully saturated rings. The lowest BCUT2D eigenvalue weighted by molar-refractivity contribution is -0.193. The molecule has 2 amide bonds. The van der Waals surface area contributed by atoms with Crippen molar-refractivity contribution < 1.29 is 78.8 Å². The monoisotopic (exact) mass is 602 g/mol. The van der Waals surface area contributed by atoms with Gasteiger partial charge in [-0.25, -0.2) is 14.4 Å². The fourth-order valence-electron chi connectivity index (χ4n) is 0.910. The van der Waals surface area contributed by atoms with Gasteiger partial charge < -0.3 is 37.4 Å². The van der Waals surface area contributed by atoms with Gasteiger partial charge in [-0.3, -0.25) is 9.59 Å². The van der Waals surface area contributed by atoms with Crippen LogP contribution in [0, 0.1) is 0 Å². The van der Waals surface area contributed by atoms with Gasteiger partial charge in [0.15, 0.2) is 0 Å². The summed E-state index contributed by atoms with van der Waals surface area (Å²) < 4.78 is 95.2. The molecule has 9 N–H and O–H groups in total. The first kappa shape index (κ1) is 45.6. The third kappa shape index (κ3) is 45.0. The van der Waals surface area contributed by atoms with Crippen molar-refractivity contribution in [2.24, 2.45) is 11.5 Å². The van der Waals surface area contributed by atoms with Crippen LogP contribution in [0.3, 0.4) is 0 Å². The largest absolute Gasteiger partial charge is 0.490 e. The predicted molar refractivity (Wildman–Crippen MR) is 115 cm³/mol. The van der Waals surface area contributed by atoms with E-state index in [2.05, 4.69) is 10.6 Å². The molecule has 0 aromatic heterocycles. The van der Waals surface area contributed by atoms with Crippen molar-refractivity contribution in [1.82, 2.24) is 10.6 Å². The maximum absolute atomic E-state index is 10.6. The van der Waals surface area contributed by atoms with Crippen LogP contribution in [0.5, 0.6) is 0 Å². The van der Waals surface area contributed by atoms with Crippen molar-refractivity contribution in [1.29, 1.82) is 0 Å². The van der Waals surface area contributed by atoms with E-state index in [1.54, 1.807) is 0 Å². The third-order valence-electron chi connectivity index (χ3n) is 2.78. The second-order valence-electron chi connectivity index (χ2n) is 6.10. The Morgan fingerprint density at radius 2 is 0.744 bits per heavy atom. The smallest absolute Gasteiger partial charge is 0.475 e. The standard InChI is InChI=1S/2C6H14N2O.3C2HF3O2/c2*1-2-6(9)8-5-3-4-7;3*3-2(4,5)1(6)7/h2*2-5,7H2,1H3,(H,8,9);3*(H,6,7). The van der Waals surface area contributed by atoms with Gasteiger partial charge in [-0.05, 0) is 25.9 Å². The quantitative estimate of drug-likeness (QED) is 0.157. The minimum absolute atomic E-state index is 0.100. The Morgan fingerprint density at radius 1 is 0.564 bits per heavy atom. The highest BCUT2D eigenvalue weighted by molar-refractivity contribution is 5.75. The normalized spacial score (nSPS) is 10.3. The zero-order chi connectivity index (χ0) is 32.5. The van der Waals surface area contributed by atoms with Gasteiger partial charge in [0.25, 0.3) is 0 Å². The Morgan fingerprint density at radius 3 is 0.846 bits per heavy atom. The molecule has 0 rings (SSSR count). The van der Waals surface area contributed by atoms with Crippen LogP contribution >= 0.6 is 0 Å². The van der Waals surface area contributed by atoms with Gasteiger partial charge in [-0.2, -0.15) is 39.5 Å². The Kier molecular flexibility index (Phi) is 29.1. The number of nitrogens with one attached hydrogen (secondary N) is 2. The number of amides is 2. The molecule has 0 radical (unpaired) electrons. The first-order valence-electron chi connectivity index (χ1n) is 10.3. The van der Waals surface area contributed by atoms with Gasteiger partial charge in [0, 0.05) is 25.9 Å². The number of hydrogen-bond acceptors (Lipinski definition) is 7. The first-order chi connectivity index (χ1) is 17.4. The molecule has 234 valence electrons. The molecule has 12 nitrogen and oxygen atoms in total. The third-order valence-corrected chi connectivity index (χ3v) is 2.78. The fourth-order valence-corrected chi connectivity index (χ4v) is 0.910. The number of carbonyl (C=O) groups excluding carboxylic acids is 2. The molecule has 0 spiro atoms.